The minimum Gasteiger partial charge on any atom is -0.355 e. The van der Waals surface area contributed by atoms with Gasteiger partial charge >= 0.3 is 0 Å². The van der Waals surface area contributed by atoms with Crippen LogP contribution in [0, 0.1) is 5.41 Å². The molecule has 0 radical (unpaired) electrons. The number of nitrogens with zero attached hydrogens (tertiary/aromatic N) is 1. The summed E-state index contributed by atoms with van der Waals surface area (Å²) in [6.07, 6.45) is 4.93. The number of hydrogen-bond donors (Lipinski definition) is 3. The molecule has 1 unspecified atom stereocenters. The molecule has 0 saturated carbocycles. The minimum absolute atomic E-state index is 0.0176. The predicted molar refractivity (Wildman–Crippen MR) is 62.8 cm³/mol. The summed E-state index contributed by atoms with van der Waals surface area (Å²) in [5, 5.41) is 2.88. The Morgan fingerprint density at radius 3 is 2.94 bits per heavy atom. The van der Waals surface area contributed by atoms with Crippen molar-refractivity contribution in [2.24, 2.45) is 11.1 Å². The number of H-pyrrole nitrogens is 1. The van der Waals surface area contributed by atoms with Crippen LogP contribution in [0.15, 0.2) is 12.4 Å². The fourth-order valence-electron chi connectivity index (χ4n) is 1.34. The Morgan fingerprint density at radius 1 is 1.69 bits per heavy atom. The number of aromatic amines is 1. The van der Waals surface area contributed by atoms with E-state index in [4.69, 9.17) is 5.73 Å². The first-order chi connectivity index (χ1) is 7.62. The van der Waals surface area contributed by atoms with Crippen LogP contribution in [-0.2, 0) is 11.2 Å². The third-order valence-electron chi connectivity index (χ3n) is 2.98. The Bertz CT molecular complexity index is 317. The lowest BCUT2D eigenvalue weighted by molar-refractivity contribution is -0.129. The zero-order valence-electron chi connectivity index (χ0n) is 9.92. The summed E-state index contributed by atoms with van der Waals surface area (Å²) in [4.78, 5) is 18.9. The van der Waals surface area contributed by atoms with Crippen molar-refractivity contribution in [3.8, 4) is 0 Å². The van der Waals surface area contributed by atoms with Crippen LogP contribution in [0.5, 0.6) is 0 Å². The van der Waals surface area contributed by atoms with Gasteiger partial charge in [0.15, 0.2) is 0 Å². The molecule has 1 aromatic rings. The van der Waals surface area contributed by atoms with Gasteiger partial charge in [-0.3, -0.25) is 4.79 Å². The van der Waals surface area contributed by atoms with E-state index in [1.165, 1.54) is 0 Å². The van der Waals surface area contributed by atoms with Crippen molar-refractivity contribution in [1.29, 1.82) is 0 Å². The van der Waals surface area contributed by atoms with E-state index in [0.717, 1.165) is 12.2 Å². The van der Waals surface area contributed by atoms with E-state index < -0.39 is 5.41 Å². The lowest BCUT2D eigenvalue weighted by Crippen LogP contribution is -2.44. The second kappa shape index (κ2) is 5.65. The minimum atomic E-state index is -0.455. The Hall–Kier alpha value is -1.36. The number of aromatic nitrogens is 2. The lowest BCUT2D eigenvalue weighted by Gasteiger charge is -2.24. The van der Waals surface area contributed by atoms with Crippen LogP contribution in [0.4, 0.5) is 0 Å². The second-order valence-electron chi connectivity index (χ2n) is 4.16. The smallest absolute Gasteiger partial charge is 0.227 e. The molecular weight excluding hydrogens is 204 g/mol. The van der Waals surface area contributed by atoms with Crippen LogP contribution in [0.2, 0.25) is 0 Å². The number of imidazole rings is 1. The van der Waals surface area contributed by atoms with Crippen LogP contribution in [-0.4, -0.2) is 29.0 Å². The van der Waals surface area contributed by atoms with Crippen LogP contribution < -0.4 is 11.1 Å². The molecule has 4 N–H and O–H groups in total. The fraction of sp³-hybridized carbons (Fsp3) is 0.636. The van der Waals surface area contributed by atoms with E-state index in [9.17, 15) is 4.79 Å². The van der Waals surface area contributed by atoms with E-state index in [1.54, 1.807) is 12.4 Å². The maximum Gasteiger partial charge on any atom is 0.227 e. The van der Waals surface area contributed by atoms with Gasteiger partial charge in [-0.15, -0.1) is 0 Å². The number of amides is 1. The molecule has 1 amide bonds. The largest absolute Gasteiger partial charge is 0.355 e. The Labute approximate surface area is 95.8 Å². The molecule has 0 aliphatic rings. The first kappa shape index (κ1) is 12.7. The number of nitrogens with two attached hydrogens (primary N) is 1. The molecule has 0 aliphatic heterocycles. The molecule has 0 aromatic carbocycles. The van der Waals surface area contributed by atoms with Gasteiger partial charge in [-0.1, -0.05) is 6.92 Å². The van der Waals surface area contributed by atoms with Crippen LogP contribution >= 0.6 is 0 Å². The average Bonchev–Trinajstić information content (AvgIpc) is 2.80. The molecule has 0 saturated heterocycles. The van der Waals surface area contributed by atoms with Crippen molar-refractivity contribution < 1.29 is 4.79 Å². The molecule has 0 aliphatic carbocycles. The SMILES string of the molecule is CCC(C)(CN)C(=O)NCCc1ncc[nH]1. The van der Waals surface area contributed by atoms with Crippen LogP contribution in [0.3, 0.4) is 0 Å². The highest BCUT2D eigenvalue weighted by atomic mass is 16.2. The molecule has 0 bridgehead atoms. The quantitative estimate of drug-likeness (QED) is 0.655. The maximum absolute atomic E-state index is 11.8. The van der Waals surface area contributed by atoms with Gasteiger partial charge in [0.1, 0.15) is 5.82 Å². The highest BCUT2D eigenvalue weighted by Gasteiger charge is 2.28. The highest BCUT2D eigenvalue weighted by molar-refractivity contribution is 5.82. The average molecular weight is 224 g/mol. The van der Waals surface area contributed by atoms with E-state index in [2.05, 4.69) is 15.3 Å². The number of carbonyl (C=O) groups is 1. The summed E-state index contributed by atoms with van der Waals surface area (Å²) in [7, 11) is 0. The maximum atomic E-state index is 11.8. The second-order valence-corrected chi connectivity index (χ2v) is 4.16. The Kier molecular flexibility index (Phi) is 4.49. The molecule has 90 valence electrons. The van der Waals surface area contributed by atoms with Crippen LogP contribution in [0.25, 0.3) is 0 Å². The highest BCUT2D eigenvalue weighted by Crippen LogP contribution is 2.18. The molecule has 0 spiro atoms. The summed E-state index contributed by atoms with van der Waals surface area (Å²) in [5.41, 5.74) is 5.15. The molecule has 0 fully saturated rings. The zero-order chi connectivity index (χ0) is 12.0. The lowest BCUT2D eigenvalue weighted by atomic mass is 9.87. The van der Waals surface area contributed by atoms with Gasteiger partial charge < -0.3 is 16.0 Å². The van der Waals surface area contributed by atoms with Gasteiger partial charge in [-0.2, -0.15) is 0 Å². The third kappa shape index (κ3) is 3.06. The van der Waals surface area contributed by atoms with Crippen molar-refractivity contribution in [3.63, 3.8) is 0 Å². The number of nitrogens with one attached hydrogen (secondary N) is 2. The van der Waals surface area contributed by atoms with Gasteiger partial charge in [0.25, 0.3) is 0 Å². The van der Waals surface area contributed by atoms with Crippen molar-refractivity contribution >= 4 is 5.91 Å². The molecule has 1 atom stereocenters. The first-order valence-corrected chi connectivity index (χ1v) is 5.59. The van der Waals surface area contributed by atoms with Gasteiger partial charge in [0.2, 0.25) is 5.91 Å². The zero-order valence-corrected chi connectivity index (χ0v) is 9.92. The van der Waals surface area contributed by atoms with Crippen molar-refractivity contribution in [3.05, 3.63) is 18.2 Å². The molecule has 1 rings (SSSR count). The summed E-state index contributed by atoms with van der Waals surface area (Å²) in [5.74, 6) is 0.898. The molecule has 5 heteroatoms. The molecule has 16 heavy (non-hydrogen) atoms. The van der Waals surface area contributed by atoms with Crippen LogP contribution in [0.1, 0.15) is 26.1 Å². The number of carbonyl (C=O) groups excluding carboxylic acids is 1. The van der Waals surface area contributed by atoms with Crippen molar-refractivity contribution in [1.82, 2.24) is 15.3 Å². The van der Waals surface area contributed by atoms with Crippen molar-refractivity contribution in [2.45, 2.75) is 26.7 Å². The standard InChI is InChI=1S/C11H20N4O/c1-3-11(2,8-12)10(16)15-5-4-9-13-6-7-14-9/h6-7H,3-5,8,12H2,1-2H3,(H,13,14)(H,15,16). The monoisotopic (exact) mass is 224 g/mol. The molecule has 1 aromatic heterocycles. The molecular formula is C11H20N4O. The predicted octanol–water partition coefficient (Wildman–Crippen LogP) is 0.443. The third-order valence-corrected chi connectivity index (χ3v) is 2.98. The Balaban J connectivity index is 2.35. The van der Waals surface area contributed by atoms with E-state index in [-0.39, 0.29) is 5.91 Å². The number of rotatable bonds is 6. The van der Waals surface area contributed by atoms with E-state index in [1.807, 2.05) is 13.8 Å². The summed E-state index contributed by atoms with van der Waals surface area (Å²) in [6.45, 7) is 4.81. The topological polar surface area (TPSA) is 83.8 Å². The summed E-state index contributed by atoms with van der Waals surface area (Å²) < 4.78 is 0. The van der Waals surface area contributed by atoms with Gasteiger partial charge in [-0.25, -0.2) is 4.98 Å². The van der Waals surface area contributed by atoms with Gasteiger partial charge in [0.05, 0.1) is 5.41 Å². The molecule has 5 nitrogen and oxygen atoms in total. The van der Waals surface area contributed by atoms with Gasteiger partial charge in [-0.05, 0) is 13.3 Å². The summed E-state index contributed by atoms with van der Waals surface area (Å²) in [6, 6.07) is 0. The first-order valence-electron chi connectivity index (χ1n) is 5.59. The van der Waals surface area contributed by atoms with E-state index in [0.29, 0.717) is 19.5 Å². The normalized spacial score (nSPS) is 14.4. The summed E-state index contributed by atoms with van der Waals surface area (Å²) >= 11 is 0. The number of hydrogen-bond acceptors (Lipinski definition) is 3. The fourth-order valence-corrected chi connectivity index (χ4v) is 1.34. The Morgan fingerprint density at radius 2 is 2.44 bits per heavy atom. The molecule has 1 heterocycles. The van der Waals surface area contributed by atoms with Gasteiger partial charge in [0, 0.05) is 31.9 Å². The van der Waals surface area contributed by atoms with Crippen molar-refractivity contribution in [2.75, 3.05) is 13.1 Å². The van der Waals surface area contributed by atoms with E-state index >= 15 is 0 Å².